The lowest BCUT2D eigenvalue weighted by atomic mass is 10.1. The van der Waals surface area contributed by atoms with Gasteiger partial charge >= 0.3 is 0 Å². The van der Waals surface area contributed by atoms with Gasteiger partial charge in [-0.2, -0.15) is 5.10 Å². The zero-order chi connectivity index (χ0) is 13.6. The Bertz CT molecular complexity index is 681. The molecule has 1 aromatic heterocycles. The third-order valence-electron chi connectivity index (χ3n) is 3.04. The van der Waals surface area contributed by atoms with E-state index in [0.29, 0.717) is 5.75 Å². The molecule has 98 valence electrons. The Morgan fingerprint density at radius 2 is 2.26 bits per heavy atom. The fourth-order valence-electron chi connectivity index (χ4n) is 2.18. The Hall–Kier alpha value is -1.27. The number of carbonyl (C=O) groups is 1. The lowest BCUT2D eigenvalue weighted by molar-refractivity contribution is -0.113. The summed E-state index contributed by atoms with van der Waals surface area (Å²) in [4.78, 5) is 12.6. The van der Waals surface area contributed by atoms with Crippen LogP contribution < -0.4 is 5.32 Å². The highest BCUT2D eigenvalue weighted by atomic mass is 79.9. The molecular formula is C13H12BrN3OS. The molecule has 1 aliphatic rings. The lowest BCUT2D eigenvalue weighted by Crippen LogP contribution is -2.18. The lowest BCUT2D eigenvalue weighted by Gasteiger charge is -2.17. The zero-order valence-corrected chi connectivity index (χ0v) is 12.9. The van der Waals surface area contributed by atoms with E-state index in [1.165, 1.54) is 0 Å². The van der Waals surface area contributed by atoms with Crippen molar-refractivity contribution in [1.29, 1.82) is 0 Å². The topological polar surface area (TPSA) is 46.9 Å². The largest absolute Gasteiger partial charge is 0.324 e. The molecule has 19 heavy (non-hydrogen) atoms. The van der Waals surface area contributed by atoms with Crippen LogP contribution in [-0.2, 0) is 11.8 Å². The number of hydrogen-bond donors (Lipinski definition) is 1. The number of nitrogens with zero attached hydrogens (tertiary/aromatic N) is 2. The predicted molar refractivity (Wildman–Crippen MR) is 80.4 cm³/mol. The van der Waals surface area contributed by atoms with E-state index in [4.69, 9.17) is 0 Å². The second-order valence-corrected chi connectivity index (χ2v) is 6.23. The number of aryl methyl sites for hydroxylation is 2. The molecule has 0 fully saturated rings. The van der Waals surface area contributed by atoms with Gasteiger partial charge < -0.3 is 5.32 Å². The van der Waals surface area contributed by atoms with Crippen LogP contribution in [0.4, 0.5) is 5.69 Å². The number of rotatable bonds is 1. The first-order chi connectivity index (χ1) is 9.06. The summed E-state index contributed by atoms with van der Waals surface area (Å²) in [5.41, 5.74) is 3.89. The van der Waals surface area contributed by atoms with Crippen molar-refractivity contribution in [2.24, 2.45) is 7.05 Å². The van der Waals surface area contributed by atoms with E-state index in [-0.39, 0.29) is 5.91 Å². The second-order valence-electron chi connectivity index (χ2n) is 4.42. The molecule has 3 rings (SSSR count). The molecule has 0 bridgehead atoms. The van der Waals surface area contributed by atoms with Crippen LogP contribution in [0.1, 0.15) is 5.69 Å². The van der Waals surface area contributed by atoms with Crippen molar-refractivity contribution in [1.82, 2.24) is 9.78 Å². The molecule has 0 saturated carbocycles. The standard InChI is InChI=1S/C13H12BrN3OS/c1-7-12(14)13(17(2)16-7)8-3-4-10-9(5-8)15-11(18)6-19-10/h3-5H,6H2,1-2H3,(H,15,18). The van der Waals surface area contributed by atoms with Gasteiger partial charge in [-0.15, -0.1) is 11.8 Å². The minimum Gasteiger partial charge on any atom is -0.324 e. The molecule has 0 saturated heterocycles. The van der Waals surface area contributed by atoms with Crippen LogP contribution in [0.3, 0.4) is 0 Å². The van der Waals surface area contributed by atoms with E-state index in [2.05, 4.69) is 32.4 Å². The van der Waals surface area contributed by atoms with Crippen molar-refractivity contribution < 1.29 is 4.79 Å². The third kappa shape index (κ3) is 2.19. The Balaban J connectivity index is 2.11. The van der Waals surface area contributed by atoms with Gasteiger partial charge in [0.15, 0.2) is 0 Å². The molecule has 6 heteroatoms. The number of anilines is 1. The van der Waals surface area contributed by atoms with Gasteiger partial charge in [0, 0.05) is 17.5 Å². The van der Waals surface area contributed by atoms with Crippen LogP contribution in [0.2, 0.25) is 0 Å². The van der Waals surface area contributed by atoms with E-state index in [9.17, 15) is 4.79 Å². The zero-order valence-electron chi connectivity index (χ0n) is 10.5. The number of nitrogens with one attached hydrogen (secondary N) is 1. The van der Waals surface area contributed by atoms with E-state index >= 15 is 0 Å². The summed E-state index contributed by atoms with van der Waals surface area (Å²) in [6.07, 6.45) is 0. The molecule has 0 unspecified atom stereocenters. The van der Waals surface area contributed by atoms with E-state index in [1.54, 1.807) is 11.8 Å². The fourth-order valence-corrected chi connectivity index (χ4v) is 3.53. The first kappa shape index (κ1) is 12.7. The number of carbonyl (C=O) groups excluding carboxylic acids is 1. The third-order valence-corrected chi connectivity index (χ3v) is 5.06. The van der Waals surface area contributed by atoms with E-state index in [1.807, 2.05) is 30.8 Å². The molecule has 0 aliphatic carbocycles. The number of amides is 1. The maximum Gasteiger partial charge on any atom is 0.234 e. The van der Waals surface area contributed by atoms with Gasteiger partial charge in [0.1, 0.15) is 0 Å². The highest BCUT2D eigenvalue weighted by Gasteiger charge is 2.18. The molecule has 2 heterocycles. The quantitative estimate of drug-likeness (QED) is 0.869. The number of halogens is 1. The van der Waals surface area contributed by atoms with Gasteiger partial charge in [0.05, 0.1) is 27.3 Å². The summed E-state index contributed by atoms with van der Waals surface area (Å²) < 4.78 is 2.84. The van der Waals surface area contributed by atoms with Crippen LogP contribution in [0.15, 0.2) is 27.6 Å². The number of hydrogen-bond acceptors (Lipinski definition) is 3. The van der Waals surface area contributed by atoms with E-state index in [0.717, 1.165) is 32.0 Å². The molecule has 1 aliphatic heterocycles. The molecular weight excluding hydrogens is 326 g/mol. The van der Waals surface area contributed by atoms with Crippen molar-refractivity contribution in [2.75, 3.05) is 11.1 Å². The molecule has 1 aromatic carbocycles. The van der Waals surface area contributed by atoms with Gasteiger partial charge in [-0.05, 0) is 35.0 Å². The highest BCUT2D eigenvalue weighted by molar-refractivity contribution is 9.10. The Morgan fingerprint density at radius 1 is 1.47 bits per heavy atom. The molecule has 4 nitrogen and oxygen atoms in total. The minimum atomic E-state index is 0.0508. The second kappa shape index (κ2) is 4.68. The first-order valence-corrected chi connectivity index (χ1v) is 7.60. The summed E-state index contributed by atoms with van der Waals surface area (Å²) in [5.74, 6) is 0.538. The van der Waals surface area contributed by atoms with Crippen molar-refractivity contribution in [3.8, 4) is 11.3 Å². The molecule has 0 spiro atoms. The van der Waals surface area contributed by atoms with Crippen LogP contribution in [0, 0.1) is 6.92 Å². The Labute approximate surface area is 123 Å². The van der Waals surface area contributed by atoms with Crippen molar-refractivity contribution in [3.63, 3.8) is 0 Å². The highest BCUT2D eigenvalue weighted by Crippen LogP contribution is 2.37. The van der Waals surface area contributed by atoms with Crippen molar-refractivity contribution in [2.45, 2.75) is 11.8 Å². The average molecular weight is 338 g/mol. The predicted octanol–water partition coefficient (Wildman–Crippen LogP) is 3.20. The average Bonchev–Trinajstić information content (AvgIpc) is 2.62. The van der Waals surface area contributed by atoms with Gasteiger partial charge in [-0.3, -0.25) is 9.48 Å². The van der Waals surface area contributed by atoms with Gasteiger partial charge in [0.25, 0.3) is 0 Å². The summed E-state index contributed by atoms with van der Waals surface area (Å²) in [7, 11) is 1.92. The Kier molecular flexibility index (Phi) is 3.14. The van der Waals surface area contributed by atoms with Crippen molar-refractivity contribution in [3.05, 3.63) is 28.4 Å². The molecule has 1 N–H and O–H groups in total. The normalized spacial score (nSPS) is 14.2. The summed E-state index contributed by atoms with van der Waals surface area (Å²) >= 11 is 5.14. The molecule has 0 radical (unpaired) electrons. The van der Waals surface area contributed by atoms with Gasteiger partial charge in [-0.1, -0.05) is 6.07 Å². The number of fused-ring (bicyclic) bond motifs is 1. The monoisotopic (exact) mass is 337 g/mol. The number of benzene rings is 1. The Morgan fingerprint density at radius 3 is 2.95 bits per heavy atom. The van der Waals surface area contributed by atoms with Crippen molar-refractivity contribution >= 4 is 39.3 Å². The number of aromatic nitrogens is 2. The first-order valence-electron chi connectivity index (χ1n) is 5.82. The maximum atomic E-state index is 11.5. The fraction of sp³-hybridized carbons (Fsp3) is 0.231. The van der Waals surface area contributed by atoms with Crippen LogP contribution in [-0.4, -0.2) is 21.4 Å². The van der Waals surface area contributed by atoms with Gasteiger partial charge in [0.2, 0.25) is 5.91 Å². The summed E-state index contributed by atoms with van der Waals surface area (Å²) in [6, 6.07) is 6.11. The molecule has 0 atom stereocenters. The van der Waals surface area contributed by atoms with Crippen LogP contribution >= 0.6 is 27.7 Å². The SMILES string of the molecule is Cc1nn(C)c(-c2ccc3c(c2)NC(=O)CS3)c1Br. The van der Waals surface area contributed by atoms with Crippen LogP contribution in [0.5, 0.6) is 0 Å². The van der Waals surface area contributed by atoms with Gasteiger partial charge in [-0.25, -0.2) is 0 Å². The molecule has 2 aromatic rings. The smallest absolute Gasteiger partial charge is 0.234 e. The summed E-state index contributed by atoms with van der Waals surface area (Å²) in [5, 5.41) is 7.30. The van der Waals surface area contributed by atoms with Crippen LogP contribution in [0.25, 0.3) is 11.3 Å². The summed E-state index contributed by atoms with van der Waals surface area (Å²) in [6.45, 7) is 1.96. The maximum absolute atomic E-state index is 11.5. The van der Waals surface area contributed by atoms with E-state index < -0.39 is 0 Å². The minimum absolute atomic E-state index is 0.0508. The number of thioether (sulfide) groups is 1. The molecule has 1 amide bonds.